The van der Waals surface area contributed by atoms with Gasteiger partial charge in [-0.2, -0.15) is 11.3 Å². The lowest BCUT2D eigenvalue weighted by atomic mass is 9.85. The van der Waals surface area contributed by atoms with Gasteiger partial charge in [0.15, 0.2) is 0 Å². The molecule has 0 aromatic carbocycles. The third-order valence-electron chi connectivity index (χ3n) is 5.77. The Hall–Kier alpha value is -1.62. The van der Waals surface area contributed by atoms with Gasteiger partial charge in [0.1, 0.15) is 5.82 Å². The van der Waals surface area contributed by atoms with E-state index in [1.165, 1.54) is 30.7 Å². The second kappa shape index (κ2) is 7.73. The molecule has 5 heteroatoms. The number of carbonyl (C=O) groups excluding carboxylic acids is 1. The molecule has 134 valence electrons. The van der Waals surface area contributed by atoms with E-state index in [1.807, 2.05) is 6.20 Å². The van der Waals surface area contributed by atoms with E-state index in [0.717, 1.165) is 44.8 Å². The highest BCUT2D eigenvalue weighted by Crippen LogP contribution is 2.31. The minimum atomic E-state index is 0.299. The van der Waals surface area contributed by atoms with Gasteiger partial charge in [-0.05, 0) is 60.4 Å². The Bertz CT molecular complexity index is 690. The molecule has 0 bridgehead atoms. The fourth-order valence-corrected chi connectivity index (χ4v) is 4.75. The van der Waals surface area contributed by atoms with Gasteiger partial charge in [0.2, 0.25) is 5.91 Å². The number of hydrogen-bond acceptors (Lipinski definition) is 3. The van der Waals surface area contributed by atoms with Crippen LogP contribution in [0.15, 0.2) is 29.2 Å². The first kappa shape index (κ1) is 16.8. The second-order valence-electron chi connectivity index (χ2n) is 7.55. The predicted molar refractivity (Wildman–Crippen MR) is 101 cm³/mol. The molecule has 25 heavy (non-hydrogen) atoms. The highest BCUT2D eigenvalue weighted by Gasteiger charge is 2.28. The Morgan fingerprint density at radius 1 is 1.28 bits per heavy atom. The normalized spacial score (nSPS) is 21.3. The molecule has 2 aliphatic rings. The summed E-state index contributed by atoms with van der Waals surface area (Å²) in [6, 6.07) is 2.12. The van der Waals surface area contributed by atoms with Gasteiger partial charge in [0.05, 0.1) is 0 Å². The second-order valence-corrected chi connectivity index (χ2v) is 8.33. The van der Waals surface area contributed by atoms with Crippen molar-refractivity contribution >= 4 is 17.2 Å². The zero-order valence-electron chi connectivity index (χ0n) is 14.8. The number of piperidine rings is 1. The summed E-state index contributed by atoms with van der Waals surface area (Å²) >= 11 is 1.70. The molecule has 4 rings (SSSR count). The first-order chi connectivity index (χ1) is 12.3. The first-order valence-corrected chi connectivity index (χ1v) is 10.5. The van der Waals surface area contributed by atoms with Crippen molar-refractivity contribution in [3.63, 3.8) is 0 Å². The van der Waals surface area contributed by atoms with E-state index in [2.05, 4.69) is 37.5 Å². The zero-order chi connectivity index (χ0) is 17.1. The molecule has 1 atom stereocenters. The van der Waals surface area contributed by atoms with Crippen LogP contribution in [-0.2, 0) is 17.8 Å². The van der Waals surface area contributed by atoms with E-state index in [9.17, 15) is 4.79 Å². The van der Waals surface area contributed by atoms with Crippen LogP contribution in [0.1, 0.15) is 55.8 Å². The van der Waals surface area contributed by atoms with Crippen LogP contribution >= 0.6 is 11.3 Å². The molecule has 1 saturated carbocycles. The van der Waals surface area contributed by atoms with Crippen molar-refractivity contribution in [1.82, 2.24) is 14.5 Å². The van der Waals surface area contributed by atoms with Crippen LogP contribution in [-0.4, -0.2) is 33.4 Å². The number of imidazole rings is 1. The summed E-state index contributed by atoms with van der Waals surface area (Å²) in [5.41, 5.74) is 1.28. The van der Waals surface area contributed by atoms with Crippen LogP contribution in [0.2, 0.25) is 0 Å². The minimum absolute atomic E-state index is 0.299. The SMILES string of the molecule is O=C(CCc1ccsc1)N1CCC[C@@H](c2nccn2CC2CCC2)C1. The molecular weight excluding hydrogens is 330 g/mol. The number of aromatic nitrogens is 2. The number of nitrogens with zero attached hydrogens (tertiary/aromatic N) is 3. The van der Waals surface area contributed by atoms with Crippen molar-refractivity contribution < 1.29 is 4.79 Å². The molecule has 1 saturated heterocycles. The van der Waals surface area contributed by atoms with Gasteiger partial charge in [-0.1, -0.05) is 6.42 Å². The molecule has 0 N–H and O–H groups in total. The van der Waals surface area contributed by atoms with Crippen LogP contribution in [0.4, 0.5) is 0 Å². The fraction of sp³-hybridized carbons (Fsp3) is 0.600. The van der Waals surface area contributed by atoms with Crippen molar-refractivity contribution in [3.8, 4) is 0 Å². The van der Waals surface area contributed by atoms with Gasteiger partial charge in [-0.15, -0.1) is 0 Å². The molecule has 0 radical (unpaired) electrons. The van der Waals surface area contributed by atoms with Crippen molar-refractivity contribution in [2.24, 2.45) is 5.92 Å². The van der Waals surface area contributed by atoms with E-state index in [0.29, 0.717) is 18.2 Å². The Morgan fingerprint density at radius 3 is 2.96 bits per heavy atom. The van der Waals surface area contributed by atoms with E-state index in [4.69, 9.17) is 0 Å². The number of hydrogen-bond donors (Lipinski definition) is 0. The third kappa shape index (κ3) is 3.97. The smallest absolute Gasteiger partial charge is 0.222 e. The summed E-state index contributed by atoms with van der Waals surface area (Å²) in [6.07, 6.45) is 11.9. The van der Waals surface area contributed by atoms with Crippen molar-refractivity contribution in [1.29, 1.82) is 0 Å². The van der Waals surface area contributed by atoms with Gasteiger partial charge in [0.25, 0.3) is 0 Å². The number of amides is 1. The third-order valence-corrected chi connectivity index (χ3v) is 6.51. The maximum Gasteiger partial charge on any atom is 0.222 e. The zero-order valence-corrected chi connectivity index (χ0v) is 15.6. The monoisotopic (exact) mass is 357 g/mol. The largest absolute Gasteiger partial charge is 0.342 e. The van der Waals surface area contributed by atoms with Crippen LogP contribution < -0.4 is 0 Å². The average Bonchev–Trinajstić information content (AvgIpc) is 3.27. The molecule has 1 aliphatic heterocycles. The summed E-state index contributed by atoms with van der Waals surface area (Å²) in [5, 5.41) is 4.22. The molecular formula is C20H27N3OS. The summed E-state index contributed by atoms with van der Waals surface area (Å²) < 4.78 is 2.35. The maximum atomic E-state index is 12.6. The lowest BCUT2D eigenvalue weighted by Gasteiger charge is -2.34. The molecule has 2 fully saturated rings. The molecule has 2 aromatic heterocycles. The lowest BCUT2D eigenvalue weighted by molar-refractivity contribution is -0.132. The molecule has 2 aromatic rings. The van der Waals surface area contributed by atoms with Crippen LogP contribution in [0.25, 0.3) is 0 Å². The van der Waals surface area contributed by atoms with Crippen molar-refractivity contribution in [2.75, 3.05) is 13.1 Å². The topological polar surface area (TPSA) is 38.1 Å². The number of likely N-dealkylation sites (tertiary alicyclic amines) is 1. The molecule has 4 nitrogen and oxygen atoms in total. The maximum absolute atomic E-state index is 12.6. The number of rotatable bonds is 6. The molecule has 3 heterocycles. The van der Waals surface area contributed by atoms with Crippen molar-refractivity contribution in [3.05, 3.63) is 40.6 Å². The number of thiophene rings is 1. The highest BCUT2D eigenvalue weighted by molar-refractivity contribution is 7.07. The predicted octanol–water partition coefficient (Wildman–Crippen LogP) is 4.08. The Labute approximate surface area is 153 Å². The van der Waals surface area contributed by atoms with Crippen LogP contribution in [0, 0.1) is 5.92 Å². The Balaban J connectivity index is 1.35. The van der Waals surface area contributed by atoms with Gasteiger partial charge in [0, 0.05) is 44.4 Å². The van der Waals surface area contributed by atoms with E-state index in [-0.39, 0.29) is 0 Å². The van der Waals surface area contributed by atoms with E-state index < -0.39 is 0 Å². The summed E-state index contributed by atoms with van der Waals surface area (Å²) in [6.45, 7) is 2.85. The summed E-state index contributed by atoms with van der Waals surface area (Å²) in [4.78, 5) is 19.4. The Morgan fingerprint density at radius 2 is 2.20 bits per heavy atom. The summed E-state index contributed by atoms with van der Waals surface area (Å²) in [5.74, 6) is 2.73. The quantitative estimate of drug-likeness (QED) is 0.781. The van der Waals surface area contributed by atoms with E-state index in [1.54, 1.807) is 11.3 Å². The van der Waals surface area contributed by atoms with Gasteiger partial charge in [-0.25, -0.2) is 4.98 Å². The molecule has 0 unspecified atom stereocenters. The van der Waals surface area contributed by atoms with Crippen LogP contribution in [0.5, 0.6) is 0 Å². The average molecular weight is 358 g/mol. The molecule has 1 aliphatic carbocycles. The molecule has 0 spiro atoms. The van der Waals surface area contributed by atoms with E-state index >= 15 is 0 Å². The van der Waals surface area contributed by atoms with Crippen molar-refractivity contribution in [2.45, 2.75) is 57.4 Å². The first-order valence-electron chi connectivity index (χ1n) is 9.59. The standard InChI is InChI=1S/C20H27N3OS/c24-19(7-6-17-8-12-25-15-17)22-10-2-5-18(14-22)20-21-9-11-23(20)13-16-3-1-4-16/h8-9,11-12,15-16,18H,1-7,10,13-14H2/t18-/m1/s1. The van der Waals surface area contributed by atoms with Gasteiger partial charge in [-0.3, -0.25) is 4.79 Å². The molecule has 1 amide bonds. The highest BCUT2D eigenvalue weighted by atomic mass is 32.1. The number of aryl methyl sites for hydroxylation is 1. The lowest BCUT2D eigenvalue weighted by Crippen LogP contribution is -2.40. The minimum Gasteiger partial charge on any atom is -0.342 e. The van der Waals surface area contributed by atoms with Gasteiger partial charge >= 0.3 is 0 Å². The van der Waals surface area contributed by atoms with Crippen LogP contribution in [0.3, 0.4) is 0 Å². The number of carbonyl (C=O) groups is 1. The summed E-state index contributed by atoms with van der Waals surface area (Å²) in [7, 11) is 0. The fourth-order valence-electron chi connectivity index (χ4n) is 4.05. The Kier molecular flexibility index (Phi) is 5.20. The van der Waals surface area contributed by atoms with Gasteiger partial charge < -0.3 is 9.47 Å².